The summed E-state index contributed by atoms with van der Waals surface area (Å²) in [7, 11) is 0. The molecule has 1 nitrogen and oxygen atoms in total. The Morgan fingerprint density at radius 3 is 3.08 bits per heavy atom. The molecule has 1 heterocycles. The number of hydrogen-bond acceptors (Lipinski definition) is 2. The van der Waals surface area contributed by atoms with Gasteiger partial charge in [0.05, 0.1) is 0 Å². The first kappa shape index (κ1) is 8.02. The van der Waals surface area contributed by atoms with Gasteiger partial charge in [-0.3, -0.25) is 0 Å². The molecule has 0 saturated carbocycles. The Bertz CT molecular complexity index is 274. The second kappa shape index (κ2) is 3.42. The standard InChI is InChI=1S/C10H13NS/c11-10-2-1-8(6-10)5-9-3-4-12-7-9/h3-4,6-7,10H,1-2,5,11H2. The smallest absolute Gasteiger partial charge is 0.0229 e. The topological polar surface area (TPSA) is 26.0 Å². The van der Waals surface area contributed by atoms with Gasteiger partial charge in [0.2, 0.25) is 0 Å². The number of rotatable bonds is 2. The lowest BCUT2D eigenvalue weighted by Gasteiger charge is -1.96. The summed E-state index contributed by atoms with van der Waals surface area (Å²) < 4.78 is 0. The lowest BCUT2D eigenvalue weighted by Crippen LogP contribution is -2.11. The third kappa shape index (κ3) is 1.76. The predicted octanol–water partition coefficient (Wildman–Crippen LogP) is 2.34. The quantitative estimate of drug-likeness (QED) is 0.693. The first-order valence-corrected chi connectivity index (χ1v) is 5.25. The summed E-state index contributed by atoms with van der Waals surface area (Å²) in [5, 5.41) is 4.34. The van der Waals surface area contributed by atoms with Crippen LogP contribution < -0.4 is 5.73 Å². The molecular weight excluding hydrogens is 166 g/mol. The molecule has 0 spiro atoms. The van der Waals surface area contributed by atoms with Crippen molar-refractivity contribution in [1.82, 2.24) is 0 Å². The minimum Gasteiger partial charge on any atom is -0.324 e. The number of allylic oxidation sites excluding steroid dienone is 1. The average Bonchev–Trinajstić information content (AvgIpc) is 2.63. The van der Waals surface area contributed by atoms with Gasteiger partial charge in [0.15, 0.2) is 0 Å². The average molecular weight is 179 g/mol. The van der Waals surface area contributed by atoms with Crippen molar-refractivity contribution in [1.29, 1.82) is 0 Å². The Hall–Kier alpha value is -0.600. The monoisotopic (exact) mass is 179 g/mol. The number of thiophene rings is 1. The molecule has 1 aromatic heterocycles. The van der Waals surface area contributed by atoms with Crippen LogP contribution in [0.4, 0.5) is 0 Å². The van der Waals surface area contributed by atoms with Crippen molar-refractivity contribution in [2.75, 3.05) is 0 Å². The van der Waals surface area contributed by atoms with Crippen LogP contribution in [-0.4, -0.2) is 6.04 Å². The van der Waals surface area contributed by atoms with Crippen molar-refractivity contribution >= 4 is 11.3 Å². The van der Waals surface area contributed by atoms with E-state index >= 15 is 0 Å². The van der Waals surface area contributed by atoms with Crippen molar-refractivity contribution in [3.8, 4) is 0 Å². The van der Waals surface area contributed by atoms with Crippen LogP contribution in [-0.2, 0) is 6.42 Å². The summed E-state index contributed by atoms with van der Waals surface area (Å²) in [6, 6.07) is 2.51. The Morgan fingerprint density at radius 2 is 2.50 bits per heavy atom. The van der Waals surface area contributed by atoms with Gasteiger partial charge >= 0.3 is 0 Å². The van der Waals surface area contributed by atoms with Crippen LogP contribution in [0.1, 0.15) is 18.4 Å². The van der Waals surface area contributed by atoms with E-state index in [0.29, 0.717) is 6.04 Å². The molecule has 0 amide bonds. The zero-order valence-electron chi connectivity index (χ0n) is 6.99. The maximum atomic E-state index is 5.78. The lowest BCUT2D eigenvalue weighted by atomic mass is 10.1. The first-order valence-electron chi connectivity index (χ1n) is 4.31. The van der Waals surface area contributed by atoms with Crippen LogP contribution in [0.15, 0.2) is 28.5 Å². The van der Waals surface area contributed by atoms with E-state index in [0.717, 1.165) is 12.8 Å². The largest absolute Gasteiger partial charge is 0.324 e. The number of nitrogens with two attached hydrogens (primary N) is 1. The molecule has 0 aromatic carbocycles. The Morgan fingerprint density at radius 1 is 1.58 bits per heavy atom. The summed E-state index contributed by atoms with van der Waals surface area (Å²) >= 11 is 1.77. The van der Waals surface area contributed by atoms with E-state index in [4.69, 9.17) is 5.73 Å². The van der Waals surface area contributed by atoms with Crippen molar-refractivity contribution in [3.05, 3.63) is 34.0 Å². The molecule has 12 heavy (non-hydrogen) atoms. The van der Waals surface area contributed by atoms with Crippen molar-refractivity contribution in [3.63, 3.8) is 0 Å². The lowest BCUT2D eigenvalue weighted by molar-refractivity contribution is 0.770. The zero-order chi connectivity index (χ0) is 8.39. The molecule has 2 heteroatoms. The molecular formula is C10H13NS. The van der Waals surface area contributed by atoms with E-state index < -0.39 is 0 Å². The molecule has 0 saturated heterocycles. The highest BCUT2D eigenvalue weighted by molar-refractivity contribution is 7.07. The molecule has 1 aromatic rings. The maximum Gasteiger partial charge on any atom is 0.0229 e. The van der Waals surface area contributed by atoms with E-state index in [-0.39, 0.29) is 0 Å². The SMILES string of the molecule is NC1C=C(Cc2ccsc2)CC1. The Kier molecular flexibility index (Phi) is 2.28. The normalized spacial score (nSPS) is 22.8. The van der Waals surface area contributed by atoms with Crippen LogP contribution in [0.2, 0.25) is 0 Å². The molecule has 0 bridgehead atoms. The molecule has 1 aliphatic rings. The summed E-state index contributed by atoms with van der Waals surface area (Å²) in [6.45, 7) is 0. The fourth-order valence-electron chi connectivity index (χ4n) is 1.62. The third-order valence-corrected chi connectivity index (χ3v) is 2.99. The predicted molar refractivity (Wildman–Crippen MR) is 53.3 cm³/mol. The van der Waals surface area contributed by atoms with Gasteiger partial charge in [0.1, 0.15) is 0 Å². The van der Waals surface area contributed by atoms with Crippen LogP contribution in [0.5, 0.6) is 0 Å². The van der Waals surface area contributed by atoms with Crippen molar-refractivity contribution < 1.29 is 0 Å². The van der Waals surface area contributed by atoms with Gasteiger partial charge in [0, 0.05) is 6.04 Å². The van der Waals surface area contributed by atoms with E-state index in [2.05, 4.69) is 22.9 Å². The van der Waals surface area contributed by atoms with Crippen molar-refractivity contribution in [2.24, 2.45) is 5.73 Å². The highest BCUT2D eigenvalue weighted by Crippen LogP contribution is 2.21. The van der Waals surface area contributed by atoms with Crippen LogP contribution in [0.25, 0.3) is 0 Å². The molecule has 0 radical (unpaired) electrons. The summed E-state index contributed by atoms with van der Waals surface area (Å²) in [4.78, 5) is 0. The van der Waals surface area contributed by atoms with Gasteiger partial charge in [-0.1, -0.05) is 11.6 Å². The molecule has 1 unspecified atom stereocenters. The molecule has 0 fully saturated rings. The highest BCUT2D eigenvalue weighted by Gasteiger charge is 2.11. The van der Waals surface area contributed by atoms with Gasteiger partial charge in [0.25, 0.3) is 0 Å². The van der Waals surface area contributed by atoms with Gasteiger partial charge in [-0.15, -0.1) is 0 Å². The first-order chi connectivity index (χ1) is 5.84. The Balaban J connectivity index is 2.00. The van der Waals surface area contributed by atoms with Crippen molar-refractivity contribution in [2.45, 2.75) is 25.3 Å². The molecule has 2 N–H and O–H groups in total. The Labute approximate surface area is 76.9 Å². The van der Waals surface area contributed by atoms with E-state index in [1.807, 2.05) is 0 Å². The van der Waals surface area contributed by atoms with Crippen LogP contribution >= 0.6 is 11.3 Å². The molecule has 2 rings (SSSR count). The second-order valence-electron chi connectivity index (χ2n) is 3.34. The van der Waals surface area contributed by atoms with Crippen LogP contribution in [0.3, 0.4) is 0 Å². The summed E-state index contributed by atoms with van der Waals surface area (Å²) in [5.41, 5.74) is 8.73. The third-order valence-electron chi connectivity index (χ3n) is 2.26. The summed E-state index contributed by atoms with van der Waals surface area (Å²) in [6.07, 6.45) is 5.66. The summed E-state index contributed by atoms with van der Waals surface area (Å²) in [5.74, 6) is 0. The van der Waals surface area contributed by atoms with Gasteiger partial charge in [-0.2, -0.15) is 11.3 Å². The molecule has 64 valence electrons. The highest BCUT2D eigenvalue weighted by atomic mass is 32.1. The van der Waals surface area contributed by atoms with E-state index in [1.54, 1.807) is 11.3 Å². The number of hydrogen-bond donors (Lipinski definition) is 1. The fraction of sp³-hybridized carbons (Fsp3) is 0.400. The van der Waals surface area contributed by atoms with E-state index in [1.165, 1.54) is 17.6 Å². The van der Waals surface area contributed by atoms with E-state index in [9.17, 15) is 0 Å². The minimum atomic E-state index is 0.318. The van der Waals surface area contributed by atoms with Gasteiger partial charge in [-0.05, 0) is 41.7 Å². The minimum absolute atomic E-state index is 0.318. The fourth-order valence-corrected chi connectivity index (χ4v) is 2.29. The maximum absolute atomic E-state index is 5.78. The second-order valence-corrected chi connectivity index (χ2v) is 4.12. The molecule has 0 aliphatic heterocycles. The molecule has 1 atom stereocenters. The van der Waals surface area contributed by atoms with Crippen LogP contribution in [0, 0.1) is 0 Å². The molecule has 1 aliphatic carbocycles. The van der Waals surface area contributed by atoms with Gasteiger partial charge in [-0.25, -0.2) is 0 Å². The zero-order valence-corrected chi connectivity index (χ0v) is 7.81. The van der Waals surface area contributed by atoms with Gasteiger partial charge < -0.3 is 5.73 Å².